The van der Waals surface area contributed by atoms with E-state index in [0.717, 1.165) is 11.1 Å². The van der Waals surface area contributed by atoms with Gasteiger partial charge in [0.2, 0.25) is 0 Å². The Bertz CT molecular complexity index is 1370. The van der Waals surface area contributed by atoms with E-state index in [1.165, 1.54) is 4.90 Å². The highest BCUT2D eigenvalue weighted by Gasteiger charge is 2.40. The molecule has 0 unspecified atom stereocenters. The smallest absolute Gasteiger partial charge is 0.407 e. The number of anilines is 2. The molecule has 1 aliphatic carbocycles. The number of carboxylic acid groups (broad SMARTS) is 1. The van der Waals surface area contributed by atoms with Crippen LogP contribution >= 0.6 is 0 Å². The summed E-state index contributed by atoms with van der Waals surface area (Å²) in [4.78, 5) is 40.1. The summed E-state index contributed by atoms with van der Waals surface area (Å²) in [5.74, 6) is 0.489. The minimum atomic E-state index is -0.986. The molecule has 3 heterocycles. The van der Waals surface area contributed by atoms with Gasteiger partial charge in [-0.2, -0.15) is 10.4 Å². The van der Waals surface area contributed by atoms with Crippen LogP contribution in [0.3, 0.4) is 0 Å². The van der Waals surface area contributed by atoms with Crippen molar-refractivity contribution in [2.24, 2.45) is 0 Å². The Morgan fingerprint density at radius 3 is 2.76 bits per heavy atom. The van der Waals surface area contributed by atoms with E-state index >= 15 is 0 Å². The lowest BCUT2D eigenvalue weighted by molar-refractivity contribution is 0.0911. The van der Waals surface area contributed by atoms with E-state index in [0.29, 0.717) is 48.1 Å². The Kier molecular flexibility index (Phi) is 4.89. The third kappa shape index (κ3) is 3.42. The maximum Gasteiger partial charge on any atom is 0.407 e. The van der Waals surface area contributed by atoms with Crippen molar-refractivity contribution >= 4 is 34.3 Å². The van der Waals surface area contributed by atoms with Gasteiger partial charge in [-0.15, -0.1) is 0 Å². The zero-order chi connectivity index (χ0) is 23.2. The van der Waals surface area contributed by atoms with Crippen LogP contribution in [0.15, 0.2) is 35.3 Å². The zero-order valence-electron chi connectivity index (χ0n) is 17.8. The molecule has 0 bridgehead atoms. The molecule has 0 spiro atoms. The monoisotopic (exact) mass is 446 g/mol. The summed E-state index contributed by atoms with van der Waals surface area (Å²) in [7, 11) is 0. The molecule has 0 atom stereocenters. The van der Waals surface area contributed by atoms with Crippen LogP contribution < -0.4 is 10.9 Å². The second-order valence-corrected chi connectivity index (χ2v) is 8.58. The van der Waals surface area contributed by atoms with Crippen LogP contribution in [-0.2, 0) is 12.0 Å². The summed E-state index contributed by atoms with van der Waals surface area (Å²) in [5, 5.41) is 27.2. The van der Waals surface area contributed by atoms with Crippen LogP contribution in [-0.4, -0.2) is 49.7 Å². The fourth-order valence-corrected chi connectivity index (χ4v) is 4.92. The van der Waals surface area contributed by atoms with Crippen molar-refractivity contribution in [3.63, 3.8) is 0 Å². The van der Waals surface area contributed by atoms with Crippen molar-refractivity contribution in [2.75, 3.05) is 18.4 Å². The number of hydrogen-bond acceptors (Lipinski definition) is 6. The second kappa shape index (κ2) is 7.78. The van der Waals surface area contributed by atoms with Gasteiger partial charge in [0.15, 0.2) is 11.6 Å². The molecule has 1 saturated heterocycles. The number of ketones is 1. The van der Waals surface area contributed by atoms with Crippen LogP contribution in [0.2, 0.25) is 0 Å². The summed E-state index contributed by atoms with van der Waals surface area (Å²) >= 11 is 0. The van der Waals surface area contributed by atoms with Gasteiger partial charge in [0.05, 0.1) is 23.5 Å². The number of aromatic nitrogens is 3. The number of H-pyrrole nitrogens is 1. The van der Waals surface area contributed by atoms with Crippen LogP contribution in [0.5, 0.6) is 0 Å². The second-order valence-electron chi connectivity index (χ2n) is 8.58. The highest BCUT2D eigenvalue weighted by atomic mass is 16.4. The van der Waals surface area contributed by atoms with Crippen LogP contribution in [0.25, 0.3) is 10.9 Å². The fourth-order valence-electron chi connectivity index (χ4n) is 4.92. The van der Waals surface area contributed by atoms with E-state index in [1.807, 2.05) is 6.07 Å². The number of amides is 1. The number of carbonyl (C=O) groups is 2. The number of carbonyl (C=O) groups excluding carboxylic acids is 1. The topological polar surface area (TPSA) is 144 Å². The van der Waals surface area contributed by atoms with Gasteiger partial charge in [0.25, 0.3) is 5.56 Å². The van der Waals surface area contributed by atoms with E-state index in [-0.39, 0.29) is 30.9 Å². The van der Waals surface area contributed by atoms with Crippen molar-refractivity contribution < 1.29 is 14.7 Å². The van der Waals surface area contributed by atoms with Crippen molar-refractivity contribution in [1.29, 1.82) is 5.26 Å². The molecule has 2 aliphatic rings. The van der Waals surface area contributed by atoms with E-state index in [2.05, 4.69) is 16.4 Å². The highest BCUT2D eigenvalue weighted by molar-refractivity contribution is 6.01. The van der Waals surface area contributed by atoms with E-state index in [1.54, 1.807) is 29.1 Å². The third-order valence-electron chi connectivity index (χ3n) is 6.72. The summed E-state index contributed by atoms with van der Waals surface area (Å²) in [6.45, 7) is 0.562. The summed E-state index contributed by atoms with van der Waals surface area (Å²) in [6.07, 6.45) is 2.71. The molecule has 1 amide bonds. The number of nitrogens with one attached hydrogen (secondary N) is 2. The van der Waals surface area contributed by atoms with Gasteiger partial charge in [-0.3, -0.25) is 14.3 Å². The number of nitrogens with zero attached hydrogens (tertiary/aromatic N) is 4. The lowest BCUT2D eigenvalue weighted by atomic mass is 9.85. The quantitative estimate of drug-likeness (QED) is 0.559. The normalized spacial score (nSPS) is 17.1. The molecule has 10 nitrogen and oxygen atoms in total. The SMILES string of the molecule is N#CCC1(n2nc(Nc3ccc4c(c3)CCC4=O)c3c(=O)[nH]ccc32)CCN(C(=O)O)CC1. The van der Waals surface area contributed by atoms with Gasteiger partial charge in [0, 0.05) is 37.0 Å². The molecule has 1 fully saturated rings. The van der Waals surface area contributed by atoms with Gasteiger partial charge in [0.1, 0.15) is 5.39 Å². The molecule has 168 valence electrons. The summed E-state index contributed by atoms with van der Waals surface area (Å²) < 4.78 is 1.72. The van der Waals surface area contributed by atoms with Gasteiger partial charge in [-0.1, -0.05) is 0 Å². The maximum atomic E-state index is 12.8. The Morgan fingerprint density at radius 2 is 2.03 bits per heavy atom. The zero-order valence-corrected chi connectivity index (χ0v) is 17.8. The molecular formula is C23H22N6O4. The first-order chi connectivity index (χ1) is 15.9. The van der Waals surface area contributed by atoms with Crippen molar-refractivity contribution in [3.8, 4) is 6.07 Å². The number of aryl methyl sites for hydroxylation is 1. The molecule has 0 radical (unpaired) electrons. The lowest BCUT2D eigenvalue weighted by Gasteiger charge is -2.40. The van der Waals surface area contributed by atoms with Gasteiger partial charge in [-0.05, 0) is 49.1 Å². The van der Waals surface area contributed by atoms with Gasteiger partial charge < -0.3 is 20.3 Å². The number of hydrogen-bond donors (Lipinski definition) is 3. The molecule has 5 rings (SSSR count). The maximum absolute atomic E-state index is 12.8. The van der Waals surface area contributed by atoms with Crippen LogP contribution in [0.4, 0.5) is 16.3 Å². The first-order valence-electron chi connectivity index (χ1n) is 10.8. The molecular weight excluding hydrogens is 424 g/mol. The summed E-state index contributed by atoms with van der Waals surface area (Å²) in [5.41, 5.74) is 1.95. The molecule has 3 N–H and O–H groups in total. The third-order valence-corrected chi connectivity index (χ3v) is 6.72. The first-order valence-corrected chi connectivity index (χ1v) is 10.8. The number of piperidine rings is 1. The molecule has 1 aliphatic heterocycles. The number of aromatic amines is 1. The predicted molar refractivity (Wildman–Crippen MR) is 120 cm³/mol. The molecule has 1 aromatic carbocycles. The Hall–Kier alpha value is -4.13. The average Bonchev–Trinajstić information content (AvgIpc) is 3.36. The number of pyridine rings is 1. The summed E-state index contributed by atoms with van der Waals surface area (Å²) in [6, 6.07) is 9.46. The molecule has 2 aromatic heterocycles. The molecule has 0 saturated carbocycles. The van der Waals surface area contributed by atoms with Crippen LogP contribution in [0.1, 0.15) is 41.6 Å². The molecule has 3 aromatic rings. The number of rotatable bonds is 4. The van der Waals surface area contributed by atoms with E-state index in [9.17, 15) is 24.8 Å². The number of benzene rings is 1. The lowest BCUT2D eigenvalue weighted by Crippen LogP contribution is -2.48. The number of Topliss-reactive ketones (excluding diaryl/α,β-unsaturated/α-hetero) is 1. The highest BCUT2D eigenvalue weighted by Crippen LogP contribution is 2.37. The predicted octanol–water partition coefficient (Wildman–Crippen LogP) is 2.98. The Balaban J connectivity index is 1.58. The van der Waals surface area contributed by atoms with Crippen molar-refractivity contribution in [1.82, 2.24) is 19.7 Å². The number of fused-ring (bicyclic) bond motifs is 2. The van der Waals surface area contributed by atoms with Crippen LogP contribution in [0, 0.1) is 11.3 Å². The van der Waals surface area contributed by atoms with E-state index < -0.39 is 11.6 Å². The number of nitriles is 1. The van der Waals surface area contributed by atoms with Crippen molar-refractivity contribution in [2.45, 2.75) is 37.6 Å². The standard InChI is InChI=1S/C23H22N6O4/c24-9-6-23(7-11-28(12-8-23)22(32)33)29-17-5-10-25-21(31)19(17)20(27-29)26-15-2-3-16-14(13-15)1-4-18(16)30/h2-3,5,10,13H,1,4,6-8,11-12H2,(H,25,31)(H,26,27)(H,32,33). The Morgan fingerprint density at radius 1 is 1.24 bits per heavy atom. The largest absolute Gasteiger partial charge is 0.465 e. The first kappa shape index (κ1) is 20.8. The van der Waals surface area contributed by atoms with Crippen molar-refractivity contribution in [3.05, 3.63) is 51.9 Å². The van der Waals surface area contributed by atoms with Gasteiger partial charge >= 0.3 is 6.09 Å². The number of likely N-dealkylation sites (tertiary alicyclic amines) is 1. The Labute approximate surface area is 188 Å². The minimum Gasteiger partial charge on any atom is -0.465 e. The average molecular weight is 446 g/mol. The van der Waals surface area contributed by atoms with E-state index in [4.69, 9.17) is 5.10 Å². The minimum absolute atomic E-state index is 0.133. The molecule has 33 heavy (non-hydrogen) atoms. The fraction of sp³-hybridized carbons (Fsp3) is 0.348. The van der Waals surface area contributed by atoms with Gasteiger partial charge in [-0.25, -0.2) is 4.79 Å². The molecule has 10 heteroatoms.